The molecule has 3 rings (SSSR count). The van der Waals surface area contributed by atoms with Gasteiger partial charge in [-0.1, -0.05) is 29.3 Å². The Labute approximate surface area is 163 Å². The standard InChI is InChI=1S/C18H15Cl2N3O4/c1-2-27-17(25)14(9-10-5-6-12(19)13(20)8-10)23-16(24)11-4-3-7-21-15(11)22-18(23)26/h3-8,14H,2,9H2,1H3,(H,21,22,26). The van der Waals surface area contributed by atoms with E-state index < -0.39 is 23.3 Å². The number of esters is 1. The van der Waals surface area contributed by atoms with Gasteiger partial charge in [0.05, 0.1) is 22.0 Å². The van der Waals surface area contributed by atoms with Gasteiger partial charge in [-0.15, -0.1) is 0 Å². The number of aromatic amines is 1. The molecule has 1 N–H and O–H groups in total. The van der Waals surface area contributed by atoms with Gasteiger partial charge >= 0.3 is 11.7 Å². The molecule has 0 aliphatic heterocycles. The highest BCUT2D eigenvalue weighted by Gasteiger charge is 2.27. The highest BCUT2D eigenvalue weighted by atomic mass is 35.5. The number of carbonyl (C=O) groups is 1. The van der Waals surface area contributed by atoms with Gasteiger partial charge in [0.1, 0.15) is 11.7 Å². The topological polar surface area (TPSA) is 94.1 Å². The number of rotatable bonds is 5. The Balaban J connectivity index is 2.15. The number of fused-ring (bicyclic) bond motifs is 1. The molecule has 9 heteroatoms. The Bertz CT molecular complexity index is 1120. The summed E-state index contributed by atoms with van der Waals surface area (Å²) >= 11 is 12.0. The molecule has 1 aromatic carbocycles. The lowest BCUT2D eigenvalue weighted by molar-refractivity contribution is -0.147. The van der Waals surface area contributed by atoms with Crippen LogP contribution in [0.4, 0.5) is 0 Å². The van der Waals surface area contributed by atoms with Crippen molar-refractivity contribution in [2.24, 2.45) is 0 Å². The summed E-state index contributed by atoms with van der Waals surface area (Å²) in [7, 11) is 0. The maximum absolute atomic E-state index is 12.9. The summed E-state index contributed by atoms with van der Waals surface area (Å²) in [5.74, 6) is -0.695. The molecule has 0 spiro atoms. The molecule has 0 saturated carbocycles. The van der Waals surface area contributed by atoms with Crippen molar-refractivity contribution in [3.8, 4) is 0 Å². The molecule has 0 aliphatic carbocycles. The first kappa shape index (κ1) is 19.1. The van der Waals surface area contributed by atoms with E-state index in [0.717, 1.165) is 4.57 Å². The van der Waals surface area contributed by atoms with Gasteiger partial charge in [-0.2, -0.15) is 0 Å². The van der Waals surface area contributed by atoms with Crippen LogP contribution < -0.4 is 11.2 Å². The van der Waals surface area contributed by atoms with Crippen molar-refractivity contribution in [1.29, 1.82) is 0 Å². The van der Waals surface area contributed by atoms with Crippen molar-refractivity contribution in [2.75, 3.05) is 6.61 Å². The van der Waals surface area contributed by atoms with Gasteiger partial charge in [-0.25, -0.2) is 19.1 Å². The highest BCUT2D eigenvalue weighted by Crippen LogP contribution is 2.25. The van der Waals surface area contributed by atoms with Crippen LogP contribution in [-0.2, 0) is 16.0 Å². The molecule has 0 fully saturated rings. The highest BCUT2D eigenvalue weighted by molar-refractivity contribution is 6.42. The van der Waals surface area contributed by atoms with Crippen molar-refractivity contribution < 1.29 is 9.53 Å². The van der Waals surface area contributed by atoms with E-state index in [1.807, 2.05) is 0 Å². The van der Waals surface area contributed by atoms with Crippen molar-refractivity contribution in [3.05, 3.63) is 73.0 Å². The second kappa shape index (κ2) is 7.94. The largest absolute Gasteiger partial charge is 0.464 e. The van der Waals surface area contributed by atoms with Crippen LogP contribution in [0.3, 0.4) is 0 Å². The summed E-state index contributed by atoms with van der Waals surface area (Å²) in [4.78, 5) is 44.4. The maximum atomic E-state index is 12.9. The molecule has 0 bridgehead atoms. The van der Waals surface area contributed by atoms with Crippen LogP contribution in [0.25, 0.3) is 11.0 Å². The van der Waals surface area contributed by atoms with E-state index in [1.54, 1.807) is 31.2 Å². The third-order valence-corrected chi connectivity index (χ3v) is 4.72. The SMILES string of the molecule is CCOC(=O)C(Cc1ccc(Cl)c(Cl)c1)n1c(=O)[nH]c2ncccc2c1=O. The third-order valence-electron chi connectivity index (χ3n) is 3.98. The smallest absolute Gasteiger partial charge is 0.330 e. The maximum Gasteiger partial charge on any atom is 0.330 e. The number of carbonyl (C=O) groups excluding carboxylic acids is 1. The number of hydrogen-bond donors (Lipinski definition) is 1. The number of aromatic nitrogens is 3. The second-order valence-corrected chi connectivity index (χ2v) is 6.54. The molecule has 7 nitrogen and oxygen atoms in total. The normalized spacial score (nSPS) is 12.1. The van der Waals surface area contributed by atoms with Crippen LogP contribution in [0, 0.1) is 0 Å². The van der Waals surface area contributed by atoms with Gasteiger partial charge in [0, 0.05) is 12.6 Å². The minimum atomic E-state index is -1.16. The van der Waals surface area contributed by atoms with Crippen molar-refractivity contribution in [1.82, 2.24) is 14.5 Å². The minimum Gasteiger partial charge on any atom is -0.464 e. The lowest BCUT2D eigenvalue weighted by Crippen LogP contribution is -2.42. The first-order valence-electron chi connectivity index (χ1n) is 8.12. The van der Waals surface area contributed by atoms with Crippen LogP contribution in [0.2, 0.25) is 10.0 Å². The van der Waals surface area contributed by atoms with E-state index in [0.29, 0.717) is 15.6 Å². The molecule has 0 saturated heterocycles. The molecule has 1 unspecified atom stereocenters. The molecule has 0 amide bonds. The van der Waals surface area contributed by atoms with Crippen LogP contribution in [0.15, 0.2) is 46.1 Å². The van der Waals surface area contributed by atoms with Gasteiger partial charge in [-0.05, 0) is 36.8 Å². The molecular weight excluding hydrogens is 393 g/mol. The van der Waals surface area contributed by atoms with Crippen LogP contribution in [-0.4, -0.2) is 27.1 Å². The number of hydrogen-bond acceptors (Lipinski definition) is 5. The molecule has 1 atom stereocenters. The molecule has 2 aromatic heterocycles. The van der Waals surface area contributed by atoms with Gasteiger partial charge in [0.15, 0.2) is 0 Å². The first-order valence-corrected chi connectivity index (χ1v) is 8.88. The predicted molar refractivity (Wildman–Crippen MR) is 102 cm³/mol. The minimum absolute atomic E-state index is 0.0322. The third kappa shape index (κ3) is 3.89. The Morgan fingerprint density at radius 1 is 1.26 bits per heavy atom. The first-order chi connectivity index (χ1) is 12.9. The van der Waals surface area contributed by atoms with Crippen LogP contribution in [0.1, 0.15) is 18.5 Å². The fourth-order valence-corrected chi connectivity index (χ4v) is 3.07. The number of pyridine rings is 1. The van der Waals surface area contributed by atoms with E-state index in [4.69, 9.17) is 27.9 Å². The van der Waals surface area contributed by atoms with Crippen LogP contribution >= 0.6 is 23.2 Å². The number of halogens is 2. The summed E-state index contributed by atoms with van der Waals surface area (Å²) in [6.07, 6.45) is 1.49. The number of benzene rings is 1. The Morgan fingerprint density at radius 3 is 2.74 bits per heavy atom. The van der Waals surface area contributed by atoms with Gasteiger partial charge in [0.25, 0.3) is 5.56 Å². The van der Waals surface area contributed by atoms with E-state index in [9.17, 15) is 14.4 Å². The second-order valence-electron chi connectivity index (χ2n) is 5.73. The summed E-state index contributed by atoms with van der Waals surface area (Å²) in [6, 6.07) is 6.77. The van der Waals surface area contributed by atoms with Gasteiger partial charge in [0.2, 0.25) is 0 Å². The Kier molecular flexibility index (Phi) is 5.62. The predicted octanol–water partition coefficient (Wildman–Crippen LogP) is 2.74. The zero-order valence-electron chi connectivity index (χ0n) is 14.2. The van der Waals surface area contributed by atoms with Crippen molar-refractivity contribution in [3.63, 3.8) is 0 Å². The molecule has 27 heavy (non-hydrogen) atoms. The number of nitrogens with one attached hydrogen (secondary N) is 1. The molecule has 0 radical (unpaired) electrons. The Morgan fingerprint density at radius 2 is 2.04 bits per heavy atom. The number of ether oxygens (including phenoxy) is 1. The average Bonchev–Trinajstić information content (AvgIpc) is 2.64. The quantitative estimate of drug-likeness (QED) is 0.656. The molecule has 140 valence electrons. The monoisotopic (exact) mass is 407 g/mol. The summed E-state index contributed by atoms with van der Waals surface area (Å²) in [5, 5.41) is 0.862. The van der Waals surface area contributed by atoms with E-state index in [-0.39, 0.29) is 24.1 Å². The van der Waals surface area contributed by atoms with Gasteiger partial charge in [-0.3, -0.25) is 9.78 Å². The van der Waals surface area contributed by atoms with Gasteiger partial charge < -0.3 is 4.74 Å². The molecule has 0 aliphatic rings. The summed E-state index contributed by atoms with van der Waals surface area (Å²) < 4.78 is 5.93. The Hall–Kier alpha value is -2.64. The zero-order valence-corrected chi connectivity index (χ0v) is 15.8. The summed E-state index contributed by atoms with van der Waals surface area (Å²) in [6.45, 7) is 1.75. The van der Waals surface area contributed by atoms with Crippen LogP contribution in [0.5, 0.6) is 0 Å². The molecule has 3 aromatic rings. The van der Waals surface area contributed by atoms with E-state index in [2.05, 4.69) is 9.97 Å². The lowest BCUT2D eigenvalue weighted by atomic mass is 10.1. The summed E-state index contributed by atoms with van der Waals surface area (Å²) in [5.41, 5.74) is -0.592. The fourth-order valence-electron chi connectivity index (χ4n) is 2.75. The average molecular weight is 408 g/mol. The number of H-pyrrole nitrogens is 1. The zero-order chi connectivity index (χ0) is 19.6. The van der Waals surface area contributed by atoms with E-state index >= 15 is 0 Å². The molecule has 2 heterocycles. The van der Waals surface area contributed by atoms with Crippen molar-refractivity contribution in [2.45, 2.75) is 19.4 Å². The molecular formula is C18H15Cl2N3O4. The van der Waals surface area contributed by atoms with E-state index in [1.165, 1.54) is 12.3 Å². The fraction of sp³-hybridized carbons (Fsp3) is 0.222. The van der Waals surface area contributed by atoms with Crippen molar-refractivity contribution >= 4 is 40.2 Å². The number of nitrogens with zero attached hydrogens (tertiary/aromatic N) is 2. The lowest BCUT2D eigenvalue weighted by Gasteiger charge is -2.18.